The van der Waals surface area contributed by atoms with Crippen LogP contribution in [-0.2, 0) is 14.3 Å². The number of anilines is 1. The summed E-state index contributed by atoms with van der Waals surface area (Å²) in [6, 6.07) is 5.61. The molecule has 0 radical (unpaired) electrons. The van der Waals surface area contributed by atoms with Gasteiger partial charge >= 0.3 is 5.97 Å². The first-order chi connectivity index (χ1) is 14.9. The van der Waals surface area contributed by atoms with Gasteiger partial charge in [-0.15, -0.1) is 0 Å². The number of likely N-dealkylation sites (N-methyl/N-ethyl adjacent to an activating group) is 1. The average Bonchev–Trinajstić information content (AvgIpc) is 3.27. The number of esters is 1. The van der Waals surface area contributed by atoms with Gasteiger partial charge in [0.1, 0.15) is 0 Å². The van der Waals surface area contributed by atoms with E-state index in [9.17, 15) is 14.4 Å². The highest BCUT2D eigenvalue weighted by atomic mass is 16.5. The molecule has 2 fully saturated rings. The summed E-state index contributed by atoms with van der Waals surface area (Å²) >= 11 is 0. The van der Waals surface area contributed by atoms with Crippen LogP contribution in [-0.4, -0.2) is 61.6 Å². The van der Waals surface area contributed by atoms with Crippen LogP contribution in [0.5, 0.6) is 0 Å². The third-order valence-corrected chi connectivity index (χ3v) is 6.96. The van der Waals surface area contributed by atoms with Crippen molar-refractivity contribution in [3.05, 3.63) is 29.3 Å². The van der Waals surface area contributed by atoms with Gasteiger partial charge in [-0.3, -0.25) is 9.59 Å². The molecule has 1 aliphatic heterocycles. The molecule has 31 heavy (non-hydrogen) atoms. The van der Waals surface area contributed by atoms with Crippen LogP contribution in [0.15, 0.2) is 18.2 Å². The van der Waals surface area contributed by atoms with Gasteiger partial charge in [-0.25, -0.2) is 4.79 Å². The monoisotopic (exact) mass is 430 g/mol. The molecule has 1 aromatic rings. The molecule has 7 nitrogen and oxygen atoms in total. The van der Waals surface area contributed by atoms with Crippen LogP contribution in [0.3, 0.4) is 0 Å². The Hall–Kier alpha value is -2.41. The number of rotatable bonds is 7. The molecule has 2 atom stereocenters. The maximum Gasteiger partial charge on any atom is 0.339 e. The number of ether oxygens (including phenoxy) is 1. The molecule has 1 aliphatic carbocycles. The highest BCUT2D eigenvalue weighted by Crippen LogP contribution is 2.27. The normalized spacial score (nSPS) is 23.9. The summed E-state index contributed by atoms with van der Waals surface area (Å²) in [5, 5.41) is 6.18. The first-order valence-electron chi connectivity index (χ1n) is 11.5. The standard InChI is InChI=1S/C24H35N3O4/c1-4-27(14-8-10-18(15-27)23(29)25-19-11-5-6-12-19)16-21(28)26-22-17(2)9-7-13-20(22)24(30)31-3/h7,9,13,18-19H,4-6,8,10-12,14-16H2,1-3H3,(H-,25,26,28,29,30)/p+1. The lowest BCUT2D eigenvalue weighted by atomic mass is 9.94. The minimum atomic E-state index is -0.472. The Morgan fingerprint density at radius 3 is 2.55 bits per heavy atom. The fraction of sp³-hybridized carbons (Fsp3) is 0.625. The molecular weight excluding hydrogens is 394 g/mol. The Kier molecular flexibility index (Phi) is 7.70. The zero-order chi connectivity index (χ0) is 22.4. The lowest BCUT2D eigenvalue weighted by Crippen LogP contribution is -2.59. The minimum Gasteiger partial charge on any atom is -0.465 e. The first kappa shape index (κ1) is 23.3. The molecule has 2 amide bonds. The van der Waals surface area contributed by atoms with E-state index in [0.29, 0.717) is 34.9 Å². The quantitative estimate of drug-likeness (QED) is 0.514. The number of carbonyl (C=O) groups excluding carboxylic acids is 3. The molecule has 2 unspecified atom stereocenters. The van der Waals surface area contributed by atoms with E-state index in [0.717, 1.165) is 44.3 Å². The van der Waals surface area contributed by atoms with Crippen molar-refractivity contribution in [3.63, 3.8) is 0 Å². The second kappa shape index (κ2) is 10.3. The number of likely N-dealkylation sites (tertiary alicyclic amines) is 1. The molecule has 1 saturated heterocycles. The second-order valence-electron chi connectivity index (χ2n) is 9.09. The number of piperidine rings is 1. The predicted molar refractivity (Wildman–Crippen MR) is 120 cm³/mol. The van der Waals surface area contributed by atoms with E-state index in [1.165, 1.54) is 20.0 Å². The molecule has 1 aromatic carbocycles. The average molecular weight is 431 g/mol. The molecule has 1 heterocycles. The summed E-state index contributed by atoms with van der Waals surface area (Å²) in [5.41, 5.74) is 1.67. The number of hydrogen-bond donors (Lipinski definition) is 2. The van der Waals surface area contributed by atoms with Crippen molar-refractivity contribution in [2.24, 2.45) is 5.92 Å². The number of methoxy groups -OCH3 is 1. The van der Waals surface area contributed by atoms with Gasteiger partial charge in [0.2, 0.25) is 5.91 Å². The number of quaternary nitrogens is 1. The number of carbonyl (C=O) groups is 3. The third kappa shape index (κ3) is 5.64. The molecule has 0 aromatic heterocycles. The van der Waals surface area contributed by atoms with Crippen molar-refractivity contribution in [3.8, 4) is 0 Å². The summed E-state index contributed by atoms with van der Waals surface area (Å²) < 4.78 is 5.45. The lowest BCUT2D eigenvalue weighted by molar-refractivity contribution is -0.925. The SMILES string of the molecule is CC[N+]1(CC(=O)Nc2c(C)cccc2C(=O)OC)CCCC(C(=O)NC2CCCC2)C1. The van der Waals surface area contributed by atoms with Gasteiger partial charge in [0.05, 0.1) is 43.9 Å². The van der Waals surface area contributed by atoms with Crippen LogP contribution in [0.4, 0.5) is 5.69 Å². The Bertz CT molecular complexity index is 819. The van der Waals surface area contributed by atoms with Gasteiger partial charge in [0.25, 0.3) is 5.91 Å². The lowest BCUT2D eigenvalue weighted by Gasteiger charge is -2.43. The Morgan fingerprint density at radius 1 is 1.13 bits per heavy atom. The Balaban J connectivity index is 1.67. The van der Waals surface area contributed by atoms with Crippen molar-refractivity contribution in [2.45, 2.75) is 58.4 Å². The van der Waals surface area contributed by atoms with Crippen LogP contribution in [0.2, 0.25) is 0 Å². The van der Waals surface area contributed by atoms with Crippen molar-refractivity contribution < 1.29 is 23.6 Å². The summed E-state index contributed by atoms with van der Waals surface area (Å²) in [6.45, 7) is 6.58. The largest absolute Gasteiger partial charge is 0.465 e. The molecule has 0 spiro atoms. The molecule has 2 aliphatic rings. The number of para-hydroxylation sites is 1. The topological polar surface area (TPSA) is 84.5 Å². The number of hydrogen-bond acceptors (Lipinski definition) is 4. The van der Waals surface area contributed by atoms with Gasteiger partial charge in [-0.2, -0.15) is 0 Å². The molecule has 0 bridgehead atoms. The minimum absolute atomic E-state index is 0.0498. The van der Waals surface area contributed by atoms with Gasteiger partial charge in [0, 0.05) is 6.04 Å². The van der Waals surface area contributed by atoms with E-state index in [4.69, 9.17) is 4.74 Å². The number of benzene rings is 1. The molecule has 7 heteroatoms. The molecule has 2 N–H and O–H groups in total. The maximum absolute atomic E-state index is 13.0. The van der Waals surface area contributed by atoms with E-state index >= 15 is 0 Å². The van der Waals surface area contributed by atoms with E-state index in [1.807, 2.05) is 13.0 Å². The molecule has 3 rings (SSSR count). The van der Waals surface area contributed by atoms with Gasteiger partial charge < -0.3 is 19.9 Å². The third-order valence-electron chi connectivity index (χ3n) is 6.96. The number of aryl methyl sites for hydroxylation is 1. The van der Waals surface area contributed by atoms with E-state index in [1.54, 1.807) is 12.1 Å². The fourth-order valence-electron chi connectivity index (χ4n) is 5.07. The highest BCUT2D eigenvalue weighted by Gasteiger charge is 2.39. The number of nitrogens with one attached hydrogen (secondary N) is 2. The molecule has 170 valence electrons. The summed E-state index contributed by atoms with van der Waals surface area (Å²) in [5.74, 6) is -0.515. The van der Waals surface area contributed by atoms with Crippen LogP contribution >= 0.6 is 0 Å². The van der Waals surface area contributed by atoms with Crippen molar-refractivity contribution in [1.29, 1.82) is 0 Å². The predicted octanol–water partition coefficient (Wildman–Crippen LogP) is 3.03. The second-order valence-corrected chi connectivity index (χ2v) is 9.09. The summed E-state index contributed by atoms with van der Waals surface area (Å²) in [4.78, 5) is 38.0. The number of nitrogens with zero attached hydrogens (tertiary/aromatic N) is 1. The van der Waals surface area contributed by atoms with Crippen LogP contribution < -0.4 is 10.6 Å². The van der Waals surface area contributed by atoms with Gasteiger partial charge in [-0.1, -0.05) is 25.0 Å². The molecular formula is C24H36N3O4+. The van der Waals surface area contributed by atoms with Crippen molar-refractivity contribution in [1.82, 2.24) is 5.32 Å². The number of amides is 2. The van der Waals surface area contributed by atoms with E-state index < -0.39 is 5.97 Å². The van der Waals surface area contributed by atoms with E-state index in [2.05, 4.69) is 17.6 Å². The summed E-state index contributed by atoms with van der Waals surface area (Å²) in [7, 11) is 1.33. The Labute approximate surface area is 185 Å². The van der Waals surface area contributed by atoms with Crippen molar-refractivity contribution in [2.75, 3.05) is 38.6 Å². The van der Waals surface area contributed by atoms with Crippen LogP contribution in [0, 0.1) is 12.8 Å². The summed E-state index contributed by atoms with van der Waals surface area (Å²) in [6.07, 6.45) is 6.35. The van der Waals surface area contributed by atoms with Crippen LogP contribution in [0.25, 0.3) is 0 Å². The fourth-order valence-corrected chi connectivity index (χ4v) is 5.07. The van der Waals surface area contributed by atoms with Crippen molar-refractivity contribution >= 4 is 23.5 Å². The highest BCUT2D eigenvalue weighted by molar-refractivity contribution is 6.02. The van der Waals surface area contributed by atoms with Gasteiger partial charge in [-0.05, 0) is 51.2 Å². The Morgan fingerprint density at radius 2 is 1.87 bits per heavy atom. The van der Waals surface area contributed by atoms with Gasteiger partial charge in [0.15, 0.2) is 6.54 Å². The zero-order valence-electron chi connectivity index (χ0n) is 19.0. The zero-order valence-corrected chi connectivity index (χ0v) is 19.0. The van der Waals surface area contributed by atoms with E-state index in [-0.39, 0.29) is 17.7 Å². The smallest absolute Gasteiger partial charge is 0.339 e. The molecule has 1 saturated carbocycles. The van der Waals surface area contributed by atoms with Crippen LogP contribution in [0.1, 0.15) is 61.4 Å². The maximum atomic E-state index is 13.0. The first-order valence-corrected chi connectivity index (χ1v) is 11.5.